The van der Waals surface area contributed by atoms with Crippen LogP contribution >= 0.6 is 0 Å². The molecule has 3 nitrogen and oxygen atoms in total. The lowest BCUT2D eigenvalue weighted by atomic mass is 9.97. The minimum Gasteiger partial charge on any atom is -0.354 e. The summed E-state index contributed by atoms with van der Waals surface area (Å²) in [6.07, 6.45) is 8.95. The first-order chi connectivity index (χ1) is 15.7. The highest BCUT2D eigenvalue weighted by atomic mass is 19.1. The van der Waals surface area contributed by atoms with Crippen LogP contribution < -0.4 is 10.6 Å². The third-order valence-corrected chi connectivity index (χ3v) is 5.82. The van der Waals surface area contributed by atoms with E-state index in [0.29, 0.717) is 5.56 Å². The molecule has 1 aliphatic carbocycles. The molecule has 1 aliphatic heterocycles. The lowest BCUT2D eigenvalue weighted by Gasteiger charge is -2.34. The fourth-order valence-electron chi connectivity index (χ4n) is 4.11. The van der Waals surface area contributed by atoms with Crippen molar-refractivity contribution in [1.29, 1.82) is 0 Å². The van der Waals surface area contributed by atoms with Crippen LogP contribution in [-0.2, 0) is 0 Å². The number of halogens is 2. The van der Waals surface area contributed by atoms with Crippen molar-refractivity contribution >= 4 is 5.84 Å². The average Bonchev–Trinajstić information content (AvgIpc) is 2.86. The SMILES string of the molecule is Fc1ccc(F)c(-c2ccc(C3NC(C4C=CC=CC4)=NC(c4ccccc4)N3)cc2)c1. The number of aliphatic imine (C=N–C) groups is 1. The molecule has 0 amide bonds. The van der Waals surface area contributed by atoms with Crippen LogP contribution in [0.25, 0.3) is 11.1 Å². The van der Waals surface area contributed by atoms with Gasteiger partial charge in [-0.15, -0.1) is 0 Å². The van der Waals surface area contributed by atoms with Gasteiger partial charge in [0.1, 0.15) is 29.8 Å². The van der Waals surface area contributed by atoms with Crippen molar-refractivity contribution in [3.63, 3.8) is 0 Å². The maximum Gasteiger partial charge on any atom is 0.131 e. The normalized spacial score (nSPS) is 22.3. The van der Waals surface area contributed by atoms with Gasteiger partial charge >= 0.3 is 0 Å². The zero-order chi connectivity index (χ0) is 21.9. The standard InChI is InChI=1S/C27H23F2N3/c28-22-15-16-24(29)23(17-22)18-11-13-21(14-12-18)27-31-25(19-7-3-1-4-8-19)30-26(32-27)20-9-5-2-6-10-20/h1-9,11-17,20,25,27,31H,10H2,(H,30,32). The highest BCUT2D eigenvalue weighted by molar-refractivity contribution is 5.87. The smallest absolute Gasteiger partial charge is 0.131 e. The van der Waals surface area contributed by atoms with Gasteiger partial charge in [-0.1, -0.05) is 78.9 Å². The first kappa shape index (κ1) is 20.3. The Balaban J connectivity index is 1.45. The van der Waals surface area contributed by atoms with Gasteiger partial charge in [0.05, 0.1) is 0 Å². The van der Waals surface area contributed by atoms with Crippen molar-refractivity contribution in [1.82, 2.24) is 10.6 Å². The Morgan fingerprint density at radius 3 is 2.41 bits per heavy atom. The molecule has 5 rings (SSSR count). The number of benzene rings is 3. The largest absolute Gasteiger partial charge is 0.354 e. The molecule has 3 aromatic carbocycles. The molecule has 0 radical (unpaired) electrons. The van der Waals surface area contributed by atoms with Crippen molar-refractivity contribution < 1.29 is 8.78 Å². The first-order valence-corrected chi connectivity index (χ1v) is 10.7. The number of amidine groups is 1. The molecule has 32 heavy (non-hydrogen) atoms. The number of allylic oxidation sites excluding steroid dienone is 3. The Morgan fingerprint density at radius 1 is 0.844 bits per heavy atom. The van der Waals surface area contributed by atoms with E-state index in [0.717, 1.165) is 35.5 Å². The van der Waals surface area contributed by atoms with Gasteiger partial charge in [0.25, 0.3) is 0 Å². The molecule has 3 aromatic rings. The summed E-state index contributed by atoms with van der Waals surface area (Å²) < 4.78 is 27.8. The predicted octanol–water partition coefficient (Wildman–Crippen LogP) is 6.05. The summed E-state index contributed by atoms with van der Waals surface area (Å²) in [5.41, 5.74) is 2.97. The van der Waals surface area contributed by atoms with Gasteiger partial charge in [0.15, 0.2) is 0 Å². The molecule has 3 atom stereocenters. The molecule has 0 saturated heterocycles. The molecule has 0 aromatic heterocycles. The highest BCUT2D eigenvalue weighted by Crippen LogP contribution is 2.29. The zero-order valence-corrected chi connectivity index (χ0v) is 17.4. The summed E-state index contributed by atoms with van der Waals surface area (Å²) >= 11 is 0. The molecule has 2 aliphatic rings. The number of nitrogens with zero attached hydrogens (tertiary/aromatic N) is 1. The van der Waals surface area contributed by atoms with E-state index in [-0.39, 0.29) is 23.8 Å². The zero-order valence-electron chi connectivity index (χ0n) is 17.4. The van der Waals surface area contributed by atoms with Crippen LogP contribution in [0, 0.1) is 17.6 Å². The Bertz CT molecular complexity index is 1180. The minimum atomic E-state index is -0.456. The summed E-state index contributed by atoms with van der Waals surface area (Å²) in [5.74, 6) is 0.228. The van der Waals surface area contributed by atoms with E-state index in [1.165, 1.54) is 6.07 Å². The van der Waals surface area contributed by atoms with E-state index in [9.17, 15) is 8.78 Å². The van der Waals surface area contributed by atoms with Gasteiger partial charge < -0.3 is 5.32 Å². The topological polar surface area (TPSA) is 36.4 Å². The number of rotatable bonds is 4. The van der Waals surface area contributed by atoms with Gasteiger partial charge in [-0.25, -0.2) is 13.8 Å². The van der Waals surface area contributed by atoms with E-state index >= 15 is 0 Å². The average molecular weight is 427 g/mol. The molecule has 0 fully saturated rings. The molecule has 2 N–H and O–H groups in total. The summed E-state index contributed by atoms with van der Waals surface area (Å²) in [6, 6.07) is 21.2. The summed E-state index contributed by atoms with van der Waals surface area (Å²) in [6.45, 7) is 0. The van der Waals surface area contributed by atoms with Crippen molar-refractivity contribution in [3.05, 3.63) is 120 Å². The number of hydrogen-bond acceptors (Lipinski definition) is 3. The molecule has 0 bridgehead atoms. The van der Waals surface area contributed by atoms with Crippen molar-refractivity contribution in [2.24, 2.45) is 10.9 Å². The van der Waals surface area contributed by atoms with Gasteiger partial charge in [-0.2, -0.15) is 0 Å². The van der Waals surface area contributed by atoms with E-state index < -0.39 is 11.6 Å². The third-order valence-electron chi connectivity index (χ3n) is 5.82. The summed E-state index contributed by atoms with van der Waals surface area (Å²) in [7, 11) is 0. The maximum atomic E-state index is 14.2. The Morgan fingerprint density at radius 2 is 1.66 bits per heavy atom. The summed E-state index contributed by atoms with van der Waals surface area (Å²) in [4.78, 5) is 4.96. The first-order valence-electron chi connectivity index (χ1n) is 10.7. The van der Waals surface area contributed by atoms with E-state index in [2.05, 4.69) is 47.1 Å². The minimum absolute atomic E-state index is 0.168. The predicted molar refractivity (Wildman–Crippen MR) is 124 cm³/mol. The van der Waals surface area contributed by atoms with Gasteiger partial charge in [-0.05, 0) is 41.3 Å². The summed E-state index contributed by atoms with van der Waals surface area (Å²) in [5, 5.41) is 7.10. The maximum absolute atomic E-state index is 14.2. The van der Waals surface area contributed by atoms with E-state index in [1.807, 2.05) is 42.5 Å². The van der Waals surface area contributed by atoms with Crippen molar-refractivity contribution in [2.75, 3.05) is 0 Å². The molecule has 5 heteroatoms. The number of hydrogen-bond donors (Lipinski definition) is 2. The highest BCUT2D eigenvalue weighted by Gasteiger charge is 2.27. The second-order valence-corrected chi connectivity index (χ2v) is 7.97. The van der Waals surface area contributed by atoms with Crippen molar-refractivity contribution in [2.45, 2.75) is 18.8 Å². The number of nitrogens with one attached hydrogen (secondary N) is 2. The van der Waals surface area contributed by atoms with Crippen molar-refractivity contribution in [3.8, 4) is 11.1 Å². The Kier molecular flexibility index (Phi) is 5.65. The molecular weight excluding hydrogens is 404 g/mol. The molecule has 1 heterocycles. The van der Waals surface area contributed by atoms with E-state index in [4.69, 9.17) is 4.99 Å². The molecule has 3 unspecified atom stereocenters. The fraction of sp³-hybridized carbons (Fsp3) is 0.148. The van der Waals surface area contributed by atoms with Crippen LogP contribution in [0.3, 0.4) is 0 Å². The molecular formula is C27H23F2N3. The van der Waals surface area contributed by atoms with Crippen LogP contribution in [0.2, 0.25) is 0 Å². The second kappa shape index (κ2) is 8.89. The lowest BCUT2D eigenvalue weighted by molar-refractivity contribution is 0.399. The van der Waals surface area contributed by atoms with Crippen LogP contribution in [0.15, 0.2) is 102 Å². The van der Waals surface area contributed by atoms with Gasteiger partial charge in [0, 0.05) is 11.5 Å². The fourth-order valence-corrected chi connectivity index (χ4v) is 4.11. The molecule has 0 saturated carbocycles. The second-order valence-electron chi connectivity index (χ2n) is 7.97. The molecule has 160 valence electrons. The van der Waals surface area contributed by atoms with Crippen LogP contribution in [-0.4, -0.2) is 5.84 Å². The Labute approximate surface area is 186 Å². The lowest BCUT2D eigenvalue weighted by Crippen LogP contribution is -2.47. The van der Waals surface area contributed by atoms with Crippen LogP contribution in [0.4, 0.5) is 8.78 Å². The third kappa shape index (κ3) is 4.25. The van der Waals surface area contributed by atoms with Gasteiger partial charge in [-0.3, -0.25) is 5.32 Å². The van der Waals surface area contributed by atoms with Gasteiger partial charge in [0.2, 0.25) is 0 Å². The quantitative estimate of drug-likeness (QED) is 0.532. The Hall–Kier alpha value is -3.57. The van der Waals surface area contributed by atoms with E-state index in [1.54, 1.807) is 0 Å². The van der Waals surface area contributed by atoms with Crippen LogP contribution in [0.1, 0.15) is 29.9 Å². The molecule has 0 spiro atoms. The monoisotopic (exact) mass is 427 g/mol. The van der Waals surface area contributed by atoms with Crippen LogP contribution in [0.5, 0.6) is 0 Å².